The first-order valence-corrected chi connectivity index (χ1v) is 3.23. The molecule has 0 heterocycles. The zero-order chi connectivity index (χ0) is 10.9. The third-order valence-electron chi connectivity index (χ3n) is 0.987. The number of hydrogen-bond donors (Lipinski definition) is 0. The van der Waals surface area contributed by atoms with E-state index in [0.717, 1.165) is 13.8 Å². The highest BCUT2D eigenvalue weighted by molar-refractivity contribution is 4.91. The van der Waals surface area contributed by atoms with Gasteiger partial charge in [0.15, 0.2) is 0 Å². The van der Waals surface area contributed by atoms with Crippen molar-refractivity contribution in [3.8, 4) is 0 Å². The summed E-state index contributed by atoms with van der Waals surface area (Å²) in [6, 6.07) is 0. The van der Waals surface area contributed by atoms with E-state index in [1.54, 1.807) is 0 Å². The summed E-state index contributed by atoms with van der Waals surface area (Å²) >= 11 is 0. The first kappa shape index (κ1) is 12.5. The van der Waals surface area contributed by atoms with E-state index in [4.69, 9.17) is 0 Å². The van der Waals surface area contributed by atoms with Gasteiger partial charge in [-0.25, -0.2) is 0 Å². The van der Waals surface area contributed by atoms with E-state index in [1.165, 1.54) is 0 Å². The number of halogens is 6. The summed E-state index contributed by atoms with van der Waals surface area (Å²) in [6.45, 7) is 2.06. The van der Waals surface area contributed by atoms with Crippen molar-refractivity contribution in [2.45, 2.75) is 32.0 Å². The number of hydrogen-bond acceptors (Lipinski definition) is 1. The van der Waals surface area contributed by atoms with E-state index in [9.17, 15) is 26.3 Å². The third-order valence-corrected chi connectivity index (χ3v) is 0.987. The molecule has 0 rings (SSSR count). The van der Waals surface area contributed by atoms with E-state index >= 15 is 0 Å². The molecule has 0 aliphatic carbocycles. The fraction of sp³-hybridized carbons (Fsp3) is 0.833. The lowest BCUT2D eigenvalue weighted by Gasteiger charge is -2.25. The van der Waals surface area contributed by atoms with Crippen LogP contribution in [0.1, 0.15) is 13.8 Å². The lowest BCUT2D eigenvalue weighted by molar-refractivity contribution is -0.364. The second kappa shape index (κ2) is 3.73. The summed E-state index contributed by atoms with van der Waals surface area (Å²) in [5.41, 5.74) is 0. The molecule has 0 atom stereocenters. The Balaban J connectivity index is 4.60. The lowest BCUT2D eigenvalue weighted by Crippen LogP contribution is -2.46. The van der Waals surface area contributed by atoms with Gasteiger partial charge in [0, 0.05) is 0 Å². The minimum Gasteiger partial charge on any atom is -0.313 e. The Bertz CT molecular complexity index is 167. The van der Waals surface area contributed by atoms with Gasteiger partial charge in [-0.2, -0.15) is 26.3 Å². The first-order valence-electron chi connectivity index (χ1n) is 3.23. The Morgan fingerprint density at radius 1 is 1.08 bits per heavy atom. The van der Waals surface area contributed by atoms with E-state index in [1.807, 2.05) is 0 Å². The van der Waals surface area contributed by atoms with Gasteiger partial charge in [-0.15, -0.1) is 0 Å². The molecule has 13 heavy (non-hydrogen) atoms. The highest BCUT2D eigenvalue weighted by atomic mass is 19.3. The summed E-state index contributed by atoms with van der Waals surface area (Å²) in [4.78, 5) is 0. The largest absolute Gasteiger partial charge is 0.426 e. The topological polar surface area (TPSA) is 9.23 Å². The summed E-state index contributed by atoms with van der Waals surface area (Å²) in [7, 11) is 0. The molecule has 0 N–H and O–H groups in total. The molecule has 7 heteroatoms. The maximum Gasteiger partial charge on any atom is 0.426 e. The monoisotopic (exact) mass is 209 g/mol. The predicted octanol–water partition coefficient (Wildman–Crippen LogP) is 3.07. The Hall–Kier alpha value is -0.460. The van der Waals surface area contributed by atoms with Crippen LogP contribution in [0.25, 0.3) is 0 Å². The van der Waals surface area contributed by atoms with E-state index in [-0.39, 0.29) is 0 Å². The summed E-state index contributed by atoms with van der Waals surface area (Å²) < 4.78 is 74.6. The van der Waals surface area contributed by atoms with Gasteiger partial charge >= 0.3 is 18.5 Å². The van der Waals surface area contributed by atoms with Crippen molar-refractivity contribution in [1.82, 2.24) is 0 Å². The van der Waals surface area contributed by atoms with Crippen molar-refractivity contribution in [3.05, 3.63) is 6.43 Å². The zero-order valence-electron chi connectivity index (χ0n) is 6.75. The van der Waals surface area contributed by atoms with Gasteiger partial charge in [-0.1, -0.05) is 0 Å². The second-order valence-electron chi connectivity index (χ2n) is 2.52. The maximum absolute atomic E-state index is 12.2. The van der Waals surface area contributed by atoms with Crippen LogP contribution in [-0.2, 0) is 4.74 Å². The average molecular weight is 209 g/mol. The molecule has 79 valence electrons. The van der Waals surface area contributed by atoms with Crippen LogP contribution in [-0.4, -0.2) is 18.1 Å². The molecule has 0 unspecified atom stereocenters. The molecule has 0 saturated heterocycles. The van der Waals surface area contributed by atoms with E-state index in [0.29, 0.717) is 0 Å². The number of rotatable bonds is 4. The van der Waals surface area contributed by atoms with Crippen LogP contribution in [0.4, 0.5) is 26.3 Å². The zero-order valence-corrected chi connectivity index (χ0v) is 6.75. The molecule has 0 saturated carbocycles. The Morgan fingerprint density at radius 3 is 1.69 bits per heavy atom. The van der Waals surface area contributed by atoms with Crippen molar-refractivity contribution >= 4 is 0 Å². The van der Waals surface area contributed by atoms with E-state index in [2.05, 4.69) is 4.74 Å². The predicted molar refractivity (Wildman–Crippen MR) is 31.6 cm³/mol. The van der Waals surface area contributed by atoms with Crippen LogP contribution < -0.4 is 0 Å². The van der Waals surface area contributed by atoms with Crippen molar-refractivity contribution in [3.63, 3.8) is 0 Å². The fourth-order valence-electron chi connectivity index (χ4n) is 0.480. The maximum atomic E-state index is 12.2. The average Bonchev–Trinajstić information content (AvgIpc) is 1.83. The van der Waals surface area contributed by atoms with Gasteiger partial charge in [0.2, 0.25) is 0 Å². The first-order chi connectivity index (χ1) is 5.61. The van der Waals surface area contributed by atoms with E-state index < -0.39 is 24.6 Å². The van der Waals surface area contributed by atoms with Crippen LogP contribution in [0.3, 0.4) is 0 Å². The molecule has 0 amide bonds. The molecule has 0 aromatic heterocycles. The number of alkyl halides is 4. The molecular formula is C6H7F6O. The lowest BCUT2D eigenvalue weighted by atomic mass is 10.3. The van der Waals surface area contributed by atoms with Gasteiger partial charge in [0.05, 0.1) is 6.10 Å². The van der Waals surface area contributed by atoms with Crippen LogP contribution in [0, 0.1) is 6.43 Å². The molecule has 1 nitrogen and oxygen atoms in total. The standard InChI is InChI=1S/C6H7F6O/c1-3(2)13-6(11,12)5(9,10)4(7)8/h3H,1-2H3. The van der Waals surface area contributed by atoms with Crippen LogP contribution >= 0.6 is 0 Å². The van der Waals surface area contributed by atoms with Crippen molar-refractivity contribution in [2.24, 2.45) is 0 Å². The molecule has 0 aromatic rings. The van der Waals surface area contributed by atoms with Gasteiger partial charge in [-0.3, -0.25) is 0 Å². The molecule has 0 aliphatic rings. The molecule has 0 fully saturated rings. The summed E-state index contributed by atoms with van der Waals surface area (Å²) in [5, 5.41) is 0. The van der Waals surface area contributed by atoms with Crippen molar-refractivity contribution in [1.29, 1.82) is 0 Å². The van der Waals surface area contributed by atoms with Gasteiger partial charge in [-0.05, 0) is 13.8 Å². The van der Waals surface area contributed by atoms with Crippen LogP contribution in [0.2, 0.25) is 0 Å². The number of ether oxygens (including phenoxy) is 1. The smallest absolute Gasteiger partial charge is 0.313 e. The third kappa shape index (κ3) is 2.75. The molecular weight excluding hydrogens is 202 g/mol. The van der Waals surface area contributed by atoms with Crippen LogP contribution in [0.5, 0.6) is 0 Å². The Labute approximate surface area is 70.7 Å². The SMILES string of the molecule is CC(C)OC(F)(F)C(F)(F)[C](F)F. The van der Waals surface area contributed by atoms with Gasteiger partial charge < -0.3 is 4.74 Å². The molecule has 0 spiro atoms. The molecule has 0 aliphatic heterocycles. The molecule has 0 aromatic carbocycles. The van der Waals surface area contributed by atoms with Crippen molar-refractivity contribution in [2.75, 3.05) is 0 Å². The second-order valence-corrected chi connectivity index (χ2v) is 2.52. The van der Waals surface area contributed by atoms with Gasteiger partial charge in [0.1, 0.15) is 0 Å². The quantitative estimate of drug-likeness (QED) is 0.646. The fourth-order valence-corrected chi connectivity index (χ4v) is 0.480. The summed E-state index contributed by atoms with van der Waals surface area (Å²) in [6.07, 6.45) is -10.1. The summed E-state index contributed by atoms with van der Waals surface area (Å²) in [5.74, 6) is -5.54. The highest BCUT2D eigenvalue weighted by Crippen LogP contribution is 2.43. The van der Waals surface area contributed by atoms with Crippen LogP contribution in [0.15, 0.2) is 0 Å². The van der Waals surface area contributed by atoms with Crippen molar-refractivity contribution < 1.29 is 31.1 Å². The van der Waals surface area contributed by atoms with Gasteiger partial charge in [0.25, 0.3) is 0 Å². The Morgan fingerprint density at radius 2 is 1.46 bits per heavy atom. The molecule has 1 radical (unpaired) electrons. The Kier molecular flexibility index (Phi) is 3.60. The normalized spacial score (nSPS) is 14.3. The minimum atomic E-state index is -5.54. The molecule has 0 bridgehead atoms. The minimum absolute atomic E-state index is 1.03. The highest BCUT2D eigenvalue weighted by Gasteiger charge is 2.66.